The van der Waals surface area contributed by atoms with Crippen molar-refractivity contribution < 1.29 is 15.0 Å². The van der Waals surface area contributed by atoms with Crippen LogP contribution in [0.2, 0.25) is 0 Å². The number of aliphatic carboxylic acids is 1. The van der Waals surface area contributed by atoms with Crippen molar-refractivity contribution in [2.75, 3.05) is 19.7 Å². The summed E-state index contributed by atoms with van der Waals surface area (Å²) in [4.78, 5) is 10.7. The summed E-state index contributed by atoms with van der Waals surface area (Å²) in [6, 6.07) is 0. The van der Waals surface area contributed by atoms with E-state index >= 15 is 0 Å². The van der Waals surface area contributed by atoms with Crippen molar-refractivity contribution in [2.24, 2.45) is 11.3 Å². The molecule has 0 bridgehead atoms. The smallest absolute Gasteiger partial charge is 0.311 e. The van der Waals surface area contributed by atoms with Crippen LogP contribution in [0.25, 0.3) is 0 Å². The lowest BCUT2D eigenvalue weighted by Crippen LogP contribution is -2.37. The monoisotopic (exact) mass is 159 g/mol. The molecule has 2 unspecified atom stereocenters. The van der Waals surface area contributed by atoms with Crippen molar-refractivity contribution in [3.8, 4) is 0 Å². The van der Waals surface area contributed by atoms with Crippen LogP contribution in [-0.2, 0) is 4.79 Å². The highest BCUT2D eigenvalue weighted by Gasteiger charge is 2.44. The largest absolute Gasteiger partial charge is 0.481 e. The fraction of sp³-hybridized carbons (Fsp3) is 0.857. The Labute approximate surface area is 65.2 Å². The van der Waals surface area contributed by atoms with Gasteiger partial charge < -0.3 is 15.5 Å². The van der Waals surface area contributed by atoms with Gasteiger partial charge in [0.2, 0.25) is 0 Å². The third-order valence-electron chi connectivity index (χ3n) is 2.49. The molecule has 4 nitrogen and oxygen atoms in total. The summed E-state index contributed by atoms with van der Waals surface area (Å²) in [5.41, 5.74) is -0.783. The fourth-order valence-electron chi connectivity index (χ4n) is 1.39. The normalized spacial score (nSPS) is 37.5. The number of nitrogens with one attached hydrogen (secondary N) is 1. The lowest BCUT2D eigenvalue weighted by molar-refractivity contribution is -0.149. The Morgan fingerprint density at radius 3 is 2.82 bits per heavy atom. The molecular weight excluding hydrogens is 146 g/mol. The number of hydrogen-bond acceptors (Lipinski definition) is 3. The first-order chi connectivity index (χ1) is 5.11. The molecule has 1 saturated heterocycles. The van der Waals surface area contributed by atoms with Gasteiger partial charge in [-0.15, -0.1) is 0 Å². The van der Waals surface area contributed by atoms with Crippen LogP contribution >= 0.6 is 0 Å². The van der Waals surface area contributed by atoms with Crippen molar-refractivity contribution in [1.82, 2.24) is 5.32 Å². The van der Waals surface area contributed by atoms with E-state index in [4.69, 9.17) is 10.2 Å². The van der Waals surface area contributed by atoms with Crippen molar-refractivity contribution in [1.29, 1.82) is 0 Å². The molecule has 1 rings (SSSR count). The fourth-order valence-corrected chi connectivity index (χ4v) is 1.39. The van der Waals surface area contributed by atoms with Crippen molar-refractivity contribution >= 4 is 5.97 Å². The van der Waals surface area contributed by atoms with E-state index in [1.54, 1.807) is 6.92 Å². The topological polar surface area (TPSA) is 69.6 Å². The highest BCUT2D eigenvalue weighted by Crippen LogP contribution is 2.30. The van der Waals surface area contributed by atoms with Gasteiger partial charge in [0.15, 0.2) is 0 Å². The molecule has 1 aliphatic heterocycles. The molecule has 1 fully saturated rings. The minimum atomic E-state index is -0.832. The van der Waals surface area contributed by atoms with Crippen LogP contribution < -0.4 is 5.32 Å². The first-order valence-electron chi connectivity index (χ1n) is 3.66. The van der Waals surface area contributed by atoms with Gasteiger partial charge >= 0.3 is 5.97 Å². The van der Waals surface area contributed by atoms with Gasteiger partial charge in [-0.2, -0.15) is 0 Å². The standard InChI is InChI=1S/C7H13NO3/c1-7(6(10)11)4-8-2-5(7)3-9/h5,8-9H,2-4H2,1H3,(H,10,11). The lowest BCUT2D eigenvalue weighted by atomic mass is 9.80. The number of aliphatic hydroxyl groups is 1. The molecule has 4 heteroatoms. The Morgan fingerprint density at radius 2 is 2.45 bits per heavy atom. The van der Waals surface area contributed by atoms with Gasteiger partial charge in [-0.1, -0.05) is 0 Å². The average Bonchev–Trinajstić information content (AvgIpc) is 2.32. The number of carbonyl (C=O) groups is 1. The van der Waals surface area contributed by atoms with E-state index < -0.39 is 11.4 Å². The lowest BCUT2D eigenvalue weighted by Gasteiger charge is -2.23. The van der Waals surface area contributed by atoms with E-state index in [1.807, 2.05) is 0 Å². The minimum absolute atomic E-state index is 0.0597. The second kappa shape index (κ2) is 2.79. The van der Waals surface area contributed by atoms with Gasteiger partial charge in [0.1, 0.15) is 0 Å². The van der Waals surface area contributed by atoms with Crippen molar-refractivity contribution in [2.45, 2.75) is 6.92 Å². The van der Waals surface area contributed by atoms with Gasteiger partial charge in [-0.25, -0.2) is 0 Å². The summed E-state index contributed by atoms with van der Waals surface area (Å²) >= 11 is 0. The zero-order chi connectivity index (χ0) is 8.48. The van der Waals surface area contributed by atoms with Crippen LogP contribution in [0.1, 0.15) is 6.92 Å². The molecule has 0 spiro atoms. The van der Waals surface area contributed by atoms with E-state index in [-0.39, 0.29) is 12.5 Å². The van der Waals surface area contributed by atoms with Gasteiger partial charge in [-0.05, 0) is 6.92 Å². The molecule has 0 aromatic heterocycles. The molecule has 0 amide bonds. The SMILES string of the molecule is CC1(C(=O)O)CNCC1CO. The van der Waals surface area contributed by atoms with Gasteiger partial charge in [0, 0.05) is 25.6 Å². The second-order valence-electron chi connectivity index (χ2n) is 3.23. The molecule has 0 aromatic rings. The summed E-state index contributed by atoms with van der Waals surface area (Å²) in [6.07, 6.45) is 0. The van der Waals surface area contributed by atoms with Crippen LogP contribution in [0.3, 0.4) is 0 Å². The van der Waals surface area contributed by atoms with E-state index in [9.17, 15) is 4.79 Å². The Hall–Kier alpha value is -0.610. The average molecular weight is 159 g/mol. The van der Waals surface area contributed by atoms with Gasteiger partial charge in [0.25, 0.3) is 0 Å². The summed E-state index contributed by atoms with van der Waals surface area (Å²) < 4.78 is 0. The minimum Gasteiger partial charge on any atom is -0.481 e. The van der Waals surface area contributed by atoms with Crippen molar-refractivity contribution in [3.63, 3.8) is 0 Å². The summed E-state index contributed by atoms with van der Waals surface area (Å²) in [5, 5.41) is 20.6. The quantitative estimate of drug-likeness (QED) is 0.498. The third-order valence-corrected chi connectivity index (χ3v) is 2.49. The predicted octanol–water partition coefficient (Wildman–Crippen LogP) is -0.711. The van der Waals surface area contributed by atoms with Crippen LogP contribution in [0.5, 0.6) is 0 Å². The first-order valence-corrected chi connectivity index (χ1v) is 3.66. The maximum atomic E-state index is 10.7. The third kappa shape index (κ3) is 1.23. The van der Waals surface area contributed by atoms with E-state index in [2.05, 4.69) is 5.32 Å². The highest BCUT2D eigenvalue weighted by molar-refractivity contribution is 5.75. The van der Waals surface area contributed by atoms with E-state index in [0.717, 1.165) is 0 Å². The van der Waals surface area contributed by atoms with Crippen LogP contribution in [0, 0.1) is 11.3 Å². The molecule has 0 aromatic carbocycles. The number of rotatable bonds is 2. The van der Waals surface area contributed by atoms with E-state index in [1.165, 1.54) is 0 Å². The Kier molecular flexibility index (Phi) is 2.15. The summed E-state index contributed by atoms with van der Waals surface area (Å²) in [5.74, 6) is -0.985. The number of hydrogen-bond donors (Lipinski definition) is 3. The maximum absolute atomic E-state index is 10.7. The second-order valence-corrected chi connectivity index (χ2v) is 3.23. The molecule has 0 radical (unpaired) electrons. The van der Waals surface area contributed by atoms with Gasteiger partial charge in [-0.3, -0.25) is 4.79 Å². The highest BCUT2D eigenvalue weighted by atomic mass is 16.4. The van der Waals surface area contributed by atoms with Crippen LogP contribution in [0.15, 0.2) is 0 Å². The zero-order valence-corrected chi connectivity index (χ0v) is 6.50. The summed E-state index contributed by atoms with van der Waals surface area (Å²) in [7, 11) is 0. The molecule has 2 atom stereocenters. The van der Waals surface area contributed by atoms with Crippen molar-refractivity contribution in [3.05, 3.63) is 0 Å². The van der Waals surface area contributed by atoms with E-state index in [0.29, 0.717) is 13.1 Å². The molecule has 1 heterocycles. The molecule has 11 heavy (non-hydrogen) atoms. The van der Waals surface area contributed by atoms with Gasteiger partial charge in [0.05, 0.1) is 5.41 Å². The number of carboxylic acids is 1. The first kappa shape index (κ1) is 8.49. The molecule has 0 saturated carbocycles. The Bertz CT molecular complexity index is 171. The predicted molar refractivity (Wildman–Crippen MR) is 39.2 cm³/mol. The Morgan fingerprint density at radius 1 is 1.82 bits per heavy atom. The molecular formula is C7H13NO3. The maximum Gasteiger partial charge on any atom is 0.311 e. The molecule has 64 valence electrons. The molecule has 1 aliphatic rings. The van der Waals surface area contributed by atoms with Crippen LogP contribution in [-0.4, -0.2) is 35.9 Å². The molecule has 3 N–H and O–H groups in total. The molecule has 0 aliphatic carbocycles. The van der Waals surface area contributed by atoms with Crippen LogP contribution in [0.4, 0.5) is 0 Å². The number of carboxylic acid groups (broad SMARTS) is 1. The summed E-state index contributed by atoms with van der Waals surface area (Å²) in [6.45, 7) is 2.65. The number of aliphatic hydroxyl groups excluding tert-OH is 1. The zero-order valence-electron chi connectivity index (χ0n) is 6.50. The Balaban J connectivity index is 2.75.